The van der Waals surface area contributed by atoms with E-state index in [1.807, 2.05) is 18.2 Å². The van der Waals surface area contributed by atoms with Crippen molar-refractivity contribution in [1.29, 1.82) is 0 Å². The van der Waals surface area contributed by atoms with Crippen LogP contribution in [0.2, 0.25) is 0 Å². The van der Waals surface area contributed by atoms with Crippen LogP contribution in [0.3, 0.4) is 0 Å². The van der Waals surface area contributed by atoms with E-state index in [2.05, 4.69) is 12.2 Å². The number of furan rings is 2. The lowest BCUT2D eigenvalue weighted by Crippen LogP contribution is -2.20. The molecule has 4 heteroatoms. The highest BCUT2D eigenvalue weighted by atomic mass is 16.5. The first-order chi connectivity index (χ1) is 8.86. The molecule has 0 aliphatic rings. The topological polar surface area (TPSA) is 47.5 Å². The molecule has 98 valence electrons. The third-order valence-corrected chi connectivity index (χ3v) is 2.78. The number of ether oxygens (including phenoxy) is 1. The first-order valence-corrected chi connectivity index (χ1v) is 6.22. The Labute approximate surface area is 107 Å². The molecule has 0 amide bonds. The molecule has 0 aromatic carbocycles. The summed E-state index contributed by atoms with van der Waals surface area (Å²) in [5.41, 5.74) is 1.17. The van der Waals surface area contributed by atoms with Gasteiger partial charge in [-0.3, -0.25) is 0 Å². The summed E-state index contributed by atoms with van der Waals surface area (Å²) in [7, 11) is 0. The Morgan fingerprint density at radius 1 is 1.33 bits per heavy atom. The third kappa shape index (κ3) is 4.05. The Hall–Kier alpha value is -1.52. The summed E-state index contributed by atoms with van der Waals surface area (Å²) in [4.78, 5) is 0. The lowest BCUT2D eigenvalue weighted by Gasteiger charge is -2.11. The van der Waals surface area contributed by atoms with E-state index < -0.39 is 0 Å². The van der Waals surface area contributed by atoms with Gasteiger partial charge in [-0.25, -0.2) is 0 Å². The zero-order valence-electron chi connectivity index (χ0n) is 10.6. The first kappa shape index (κ1) is 12.9. The zero-order chi connectivity index (χ0) is 12.6. The molecule has 1 atom stereocenters. The second-order valence-electron chi connectivity index (χ2n) is 4.22. The van der Waals surface area contributed by atoms with Crippen LogP contribution in [0, 0.1) is 0 Å². The van der Waals surface area contributed by atoms with Gasteiger partial charge in [0, 0.05) is 18.2 Å². The van der Waals surface area contributed by atoms with Gasteiger partial charge < -0.3 is 18.9 Å². The van der Waals surface area contributed by atoms with Crippen molar-refractivity contribution >= 4 is 0 Å². The molecule has 0 saturated heterocycles. The van der Waals surface area contributed by atoms with Crippen molar-refractivity contribution in [3.05, 3.63) is 48.3 Å². The number of rotatable bonds is 8. The summed E-state index contributed by atoms with van der Waals surface area (Å²) >= 11 is 0. The molecule has 2 aromatic heterocycles. The molecule has 0 aliphatic heterocycles. The lowest BCUT2D eigenvalue weighted by atomic mass is 10.2. The number of nitrogens with one attached hydrogen (secondary N) is 1. The Bertz CT molecular complexity index is 408. The van der Waals surface area contributed by atoms with Crippen LogP contribution in [0.4, 0.5) is 0 Å². The molecule has 0 aliphatic carbocycles. The van der Waals surface area contributed by atoms with Gasteiger partial charge in [0.15, 0.2) is 0 Å². The van der Waals surface area contributed by atoms with E-state index in [1.165, 1.54) is 5.56 Å². The van der Waals surface area contributed by atoms with E-state index in [1.54, 1.807) is 18.8 Å². The third-order valence-electron chi connectivity index (χ3n) is 2.78. The standard InChI is InChI=1S/C14H19NO3/c1-12(13-5-9-17-10-13)15-6-3-7-16-11-14-4-2-8-18-14/h2,4-5,8-10,12,15H,3,6-7,11H2,1H3. The highest BCUT2D eigenvalue weighted by Gasteiger charge is 2.04. The summed E-state index contributed by atoms with van der Waals surface area (Å²) in [5, 5.41) is 3.42. The number of hydrogen-bond acceptors (Lipinski definition) is 4. The van der Waals surface area contributed by atoms with Crippen LogP contribution in [-0.4, -0.2) is 13.2 Å². The fourth-order valence-electron chi connectivity index (χ4n) is 1.70. The number of hydrogen-bond donors (Lipinski definition) is 1. The molecule has 0 spiro atoms. The normalized spacial score (nSPS) is 12.7. The smallest absolute Gasteiger partial charge is 0.129 e. The SMILES string of the molecule is CC(NCCCOCc1ccco1)c1ccoc1. The van der Waals surface area contributed by atoms with Crippen molar-refractivity contribution in [2.24, 2.45) is 0 Å². The Kier molecular flexibility index (Phi) is 5.05. The van der Waals surface area contributed by atoms with Gasteiger partial charge in [-0.15, -0.1) is 0 Å². The van der Waals surface area contributed by atoms with Gasteiger partial charge in [0.05, 0.1) is 18.8 Å². The predicted molar refractivity (Wildman–Crippen MR) is 68.1 cm³/mol. The van der Waals surface area contributed by atoms with Gasteiger partial charge in [0.25, 0.3) is 0 Å². The molecular formula is C14H19NO3. The molecule has 0 saturated carbocycles. The van der Waals surface area contributed by atoms with Crippen LogP contribution in [0.5, 0.6) is 0 Å². The van der Waals surface area contributed by atoms with Crippen LogP contribution >= 0.6 is 0 Å². The van der Waals surface area contributed by atoms with Gasteiger partial charge in [-0.2, -0.15) is 0 Å². The lowest BCUT2D eigenvalue weighted by molar-refractivity contribution is 0.104. The van der Waals surface area contributed by atoms with Gasteiger partial charge >= 0.3 is 0 Å². The van der Waals surface area contributed by atoms with Crippen LogP contribution < -0.4 is 5.32 Å². The van der Waals surface area contributed by atoms with E-state index >= 15 is 0 Å². The maximum atomic E-state index is 5.50. The van der Waals surface area contributed by atoms with Gasteiger partial charge in [0.1, 0.15) is 12.4 Å². The minimum atomic E-state index is 0.314. The monoisotopic (exact) mass is 249 g/mol. The summed E-state index contributed by atoms with van der Waals surface area (Å²) in [6.07, 6.45) is 6.10. The molecule has 1 N–H and O–H groups in total. The fourth-order valence-corrected chi connectivity index (χ4v) is 1.70. The Balaban J connectivity index is 1.51. The van der Waals surface area contributed by atoms with E-state index in [0.29, 0.717) is 12.6 Å². The zero-order valence-corrected chi connectivity index (χ0v) is 10.6. The van der Waals surface area contributed by atoms with Crippen LogP contribution in [-0.2, 0) is 11.3 Å². The molecular weight excluding hydrogens is 230 g/mol. The van der Waals surface area contributed by atoms with Crippen molar-refractivity contribution in [3.8, 4) is 0 Å². The van der Waals surface area contributed by atoms with Crippen molar-refractivity contribution in [1.82, 2.24) is 5.32 Å². The van der Waals surface area contributed by atoms with Crippen LogP contribution in [0.15, 0.2) is 45.8 Å². The summed E-state index contributed by atoms with van der Waals surface area (Å²) < 4.78 is 15.7. The largest absolute Gasteiger partial charge is 0.472 e. The molecule has 0 radical (unpaired) electrons. The summed E-state index contributed by atoms with van der Waals surface area (Å²) in [6, 6.07) is 6.07. The first-order valence-electron chi connectivity index (χ1n) is 6.22. The van der Waals surface area contributed by atoms with Crippen LogP contribution in [0.1, 0.15) is 30.7 Å². The Morgan fingerprint density at radius 3 is 3.00 bits per heavy atom. The van der Waals surface area contributed by atoms with E-state index in [9.17, 15) is 0 Å². The van der Waals surface area contributed by atoms with Crippen LogP contribution in [0.25, 0.3) is 0 Å². The second-order valence-corrected chi connectivity index (χ2v) is 4.22. The van der Waals surface area contributed by atoms with E-state index in [-0.39, 0.29) is 0 Å². The minimum Gasteiger partial charge on any atom is -0.472 e. The molecule has 18 heavy (non-hydrogen) atoms. The molecule has 2 heterocycles. The van der Waals surface area contributed by atoms with E-state index in [4.69, 9.17) is 13.6 Å². The highest BCUT2D eigenvalue weighted by molar-refractivity contribution is 5.09. The maximum Gasteiger partial charge on any atom is 0.129 e. The second kappa shape index (κ2) is 7.03. The van der Waals surface area contributed by atoms with E-state index in [0.717, 1.165) is 25.3 Å². The average Bonchev–Trinajstić information content (AvgIpc) is 3.05. The van der Waals surface area contributed by atoms with Gasteiger partial charge in [0.2, 0.25) is 0 Å². The molecule has 2 aromatic rings. The van der Waals surface area contributed by atoms with Crippen molar-refractivity contribution in [2.75, 3.05) is 13.2 Å². The van der Waals surface area contributed by atoms with Crippen molar-refractivity contribution in [2.45, 2.75) is 26.0 Å². The molecule has 0 fully saturated rings. The summed E-state index contributed by atoms with van der Waals surface area (Å²) in [5.74, 6) is 0.870. The molecule has 4 nitrogen and oxygen atoms in total. The molecule has 0 bridgehead atoms. The summed E-state index contributed by atoms with van der Waals surface area (Å²) in [6.45, 7) is 4.31. The fraction of sp³-hybridized carbons (Fsp3) is 0.429. The predicted octanol–water partition coefficient (Wildman–Crippen LogP) is 3.13. The highest BCUT2D eigenvalue weighted by Crippen LogP contribution is 2.11. The maximum absolute atomic E-state index is 5.50. The van der Waals surface area contributed by atoms with Crippen molar-refractivity contribution in [3.63, 3.8) is 0 Å². The molecule has 2 rings (SSSR count). The Morgan fingerprint density at radius 2 is 2.28 bits per heavy atom. The average molecular weight is 249 g/mol. The molecule has 1 unspecified atom stereocenters. The minimum absolute atomic E-state index is 0.314. The van der Waals surface area contributed by atoms with Crippen molar-refractivity contribution < 1.29 is 13.6 Å². The van der Waals surface area contributed by atoms with Gasteiger partial charge in [-0.1, -0.05) is 0 Å². The quantitative estimate of drug-likeness (QED) is 0.730. The van der Waals surface area contributed by atoms with Gasteiger partial charge in [-0.05, 0) is 38.1 Å².